The molecule has 2 heterocycles. The smallest absolute Gasteiger partial charge is 0.460 e. The van der Waals surface area contributed by atoms with Gasteiger partial charge in [-0.25, -0.2) is 9.59 Å². The highest BCUT2D eigenvalue weighted by molar-refractivity contribution is 8.04. The summed E-state index contributed by atoms with van der Waals surface area (Å²) in [6, 6.07) is 10.8. The van der Waals surface area contributed by atoms with Crippen LogP contribution in [0.5, 0.6) is 0 Å². The summed E-state index contributed by atoms with van der Waals surface area (Å²) in [5.41, 5.74) is 0.602. The Labute approximate surface area is 241 Å². The van der Waals surface area contributed by atoms with Crippen LogP contribution >= 0.6 is 11.8 Å². The van der Waals surface area contributed by atoms with E-state index in [0.29, 0.717) is 11.1 Å². The molecule has 15 nitrogen and oxygen atoms in total. The molecule has 42 heavy (non-hydrogen) atoms. The van der Waals surface area contributed by atoms with Gasteiger partial charge < -0.3 is 18.9 Å². The van der Waals surface area contributed by atoms with Crippen LogP contribution in [0.2, 0.25) is 0 Å². The molecule has 2 aromatic carbocycles. The number of esters is 2. The van der Waals surface area contributed by atoms with E-state index in [1.54, 1.807) is 0 Å². The SMILES string of the molecule is CC(=O)OCC1=C(C(=O)OCc2ccc([N+](=O)[O-])cc2)N2C(=O)[C@H]([C@@H](C)OC(=O)OCc3ccc([N+](=O)[O-])cc3)[C@H]2S1. The van der Waals surface area contributed by atoms with Crippen molar-refractivity contribution in [1.29, 1.82) is 0 Å². The van der Waals surface area contributed by atoms with Crippen LogP contribution < -0.4 is 0 Å². The Morgan fingerprint density at radius 1 is 0.881 bits per heavy atom. The number of nitro benzene ring substituents is 2. The average molecular weight is 602 g/mol. The fourth-order valence-corrected chi connectivity index (χ4v) is 5.66. The Morgan fingerprint density at radius 2 is 1.40 bits per heavy atom. The first-order valence-electron chi connectivity index (χ1n) is 12.3. The normalized spacial score (nSPS) is 18.0. The van der Waals surface area contributed by atoms with Gasteiger partial charge in [0.15, 0.2) is 0 Å². The molecule has 1 amide bonds. The number of amides is 1. The summed E-state index contributed by atoms with van der Waals surface area (Å²) >= 11 is 1.09. The number of ether oxygens (including phenoxy) is 4. The highest BCUT2D eigenvalue weighted by Crippen LogP contribution is 2.51. The topological polar surface area (TPSA) is 195 Å². The summed E-state index contributed by atoms with van der Waals surface area (Å²) < 4.78 is 20.7. The number of thioether (sulfide) groups is 1. The van der Waals surface area contributed by atoms with Gasteiger partial charge in [-0.2, -0.15) is 0 Å². The molecule has 1 saturated heterocycles. The number of carbonyl (C=O) groups excluding carboxylic acids is 4. The van der Waals surface area contributed by atoms with Gasteiger partial charge in [-0.1, -0.05) is 11.8 Å². The number of hydrogen-bond acceptors (Lipinski definition) is 13. The third-order valence-corrected chi connectivity index (χ3v) is 7.60. The number of non-ortho nitro benzene ring substituents is 2. The van der Waals surface area contributed by atoms with Crippen LogP contribution in [0.3, 0.4) is 0 Å². The minimum atomic E-state index is -1.06. The molecule has 0 spiro atoms. The Balaban J connectivity index is 1.37. The van der Waals surface area contributed by atoms with E-state index in [1.165, 1.54) is 67.3 Å². The highest BCUT2D eigenvalue weighted by atomic mass is 32.2. The number of nitrogens with zero attached hydrogens (tertiary/aromatic N) is 3. The summed E-state index contributed by atoms with van der Waals surface area (Å²) in [5.74, 6) is -2.85. The zero-order valence-electron chi connectivity index (χ0n) is 22.1. The summed E-state index contributed by atoms with van der Waals surface area (Å²) in [5, 5.41) is 21.0. The van der Waals surface area contributed by atoms with Crippen LogP contribution in [-0.4, -0.2) is 56.8 Å². The third kappa shape index (κ3) is 6.65. The minimum Gasteiger partial charge on any atom is -0.460 e. The Morgan fingerprint density at radius 3 is 1.90 bits per heavy atom. The first-order valence-corrected chi connectivity index (χ1v) is 13.2. The van der Waals surface area contributed by atoms with Crippen LogP contribution in [0.25, 0.3) is 0 Å². The van der Waals surface area contributed by atoms with E-state index in [0.717, 1.165) is 11.8 Å². The first kappa shape index (κ1) is 30.0. The molecule has 0 N–H and O–H groups in total. The maximum absolute atomic E-state index is 13.1. The number of benzene rings is 2. The molecule has 0 radical (unpaired) electrons. The molecule has 4 rings (SSSR count). The summed E-state index contributed by atoms with van der Waals surface area (Å²) in [6.45, 7) is 1.94. The number of carbonyl (C=O) groups is 4. The van der Waals surface area contributed by atoms with Crippen molar-refractivity contribution in [1.82, 2.24) is 4.90 Å². The van der Waals surface area contributed by atoms with E-state index >= 15 is 0 Å². The maximum atomic E-state index is 13.1. The molecule has 2 aliphatic rings. The summed E-state index contributed by atoms with van der Waals surface area (Å²) in [7, 11) is 0. The summed E-state index contributed by atoms with van der Waals surface area (Å²) in [4.78, 5) is 71.8. The van der Waals surface area contributed by atoms with Crippen molar-refractivity contribution in [2.45, 2.75) is 38.5 Å². The molecule has 0 saturated carbocycles. The van der Waals surface area contributed by atoms with Crippen molar-refractivity contribution in [3.63, 3.8) is 0 Å². The maximum Gasteiger partial charge on any atom is 0.508 e. The number of hydrogen-bond donors (Lipinski definition) is 0. The van der Waals surface area contributed by atoms with Gasteiger partial charge in [-0.05, 0) is 42.3 Å². The minimum absolute atomic E-state index is 0.109. The molecule has 0 aliphatic carbocycles. The van der Waals surface area contributed by atoms with E-state index in [-0.39, 0.29) is 41.8 Å². The highest BCUT2D eigenvalue weighted by Gasteiger charge is 2.59. The fraction of sp³-hybridized carbons (Fsp3) is 0.308. The van der Waals surface area contributed by atoms with Crippen LogP contribution in [0, 0.1) is 26.1 Å². The van der Waals surface area contributed by atoms with Gasteiger partial charge in [-0.15, -0.1) is 0 Å². The van der Waals surface area contributed by atoms with E-state index in [1.807, 2.05) is 0 Å². The monoisotopic (exact) mass is 601 g/mol. The number of β-lactam (4-membered cyclic amide) rings is 1. The Bertz CT molecular complexity index is 1460. The molecule has 220 valence electrons. The lowest BCUT2D eigenvalue weighted by Gasteiger charge is -2.44. The van der Waals surface area contributed by atoms with E-state index in [9.17, 15) is 39.4 Å². The molecule has 0 aromatic heterocycles. The van der Waals surface area contributed by atoms with Gasteiger partial charge in [0.05, 0.1) is 14.8 Å². The van der Waals surface area contributed by atoms with Crippen LogP contribution in [0.15, 0.2) is 59.1 Å². The van der Waals surface area contributed by atoms with E-state index in [4.69, 9.17) is 18.9 Å². The Hall–Kier alpha value is -4.99. The first-order chi connectivity index (χ1) is 20.0. The second-order valence-corrected chi connectivity index (χ2v) is 10.3. The van der Waals surface area contributed by atoms with Gasteiger partial charge in [0.1, 0.15) is 42.9 Å². The molecule has 3 atom stereocenters. The number of fused-ring (bicyclic) bond motifs is 1. The Kier molecular flexibility index (Phi) is 9.05. The largest absolute Gasteiger partial charge is 0.508 e. The van der Waals surface area contributed by atoms with Crippen molar-refractivity contribution >= 4 is 47.1 Å². The summed E-state index contributed by atoms with van der Waals surface area (Å²) in [6.07, 6.45) is -2.02. The number of rotatable bonds is 11. The van der Waals surface area contributed by atoms with Gasteiger partial charge in [0.25, 0.3) is 11.4 Å². The predicted octanol–water partition coefficient (Wildman–Crippen LogP) is 3.59. The molecular weight excluding hydrogens is 578 g/mol. The lowest BCUT2D eigenvalue weighted by atomic mass is 9.92. The van der Waals surface area contributed by atoms with Gasteiger partial charge in [0.2, 0.25) is 5.91 Å². The average Bonchev–Trinajstić information content (AvgIpc) is 3.28. The standard InChI is InChI=1S/C26H23N3O12S/c1-14(41-26(33)40-12-17-5-9-19(10-6-17)29(36)37)21-23(31)27-22(20(42-24(21)27)13-38-15(2)30)25(32)39-11-16-3-7-18(8-4-16)28(34)35/h3-10,14,21,24H,11-13H2,1-2H3/t14-,21+,24-/m1/s1. The quantitative estimate of drug-likeness (QED) is 0.119. The van der Waals surface area contributed by atoms with Crippen molar-refractivity contribution in [2.24, 2.45) is 5.92 Å². The van der Waals surface area contributed by atoms with Gasteiger partial charge in [-0.3, -0.25) is 34.7 Å². The van der Waals surface area contributed by atoms with Gasteiger partial charge in [0, 0.05) is 31.2 Å². The number of nitro groups is 2. The van der Waals surface area contributed by atoms with Crippen molar-refractivity contribution in [3.8, 4) is 0 Å². The van der Waals surface area contributed by atoms with Gasteiger partial charge >= 0.3 is 18.1 Å². The molecule has 0 unspecified atom stereocenters. The van der Waals surface area contributed by atoms with E-state index in [2.05, 4.69) is 0 Å². The molecule has 0 bridgehead atoms. The zero-order valence-corrected chi connectivity index (χ0v) is 22.9. The zero-order chi connectivity index (χ0) is 30.6. The van der Waals surface area contributed by atoms with Crippen molar-refractivity contribution < 1.29 is 48.0 Å². The fourth-order valence-electron chi connectivity index (χ4n) is 4.15. The lowest BCUT2D eigenvalue weighted by molar-refractivity contribution is -0.385. The van der Waals surface area contributed by atoms with Crippen LogP contribution in [-0.2, 0) is 46.5 Å². The molecule has 2 aromatic rings. The van der Waals surface area contributed by atoms with Crippen molar-refractivity contribution in [2.75, 3.05) is 6.61 Å². The molecular formula is C26H23N3O12S. The van der Waals surface area contributed by atoms with Crippen LogP contribution in [0.1, 0.15) is 25.0 Å². The van der Waals surface area contributed by atoms with E-state index < -0.39 is 51.2 Å². The van der Waals surface area contributed by atoms with Crippen LogP contribution in [0.4, 0.5) is 16.2 Å². The second kappa shape index (κ2) is 12.7. The predicted molar refractivity (Wildman–Crippen MR) is 142 cm³/mol. The molecule has 16 heteroatoms. The van der Waals surface area contributed by atoms with Crippen molar-refractivity contribution in [3.05, 3.63) is 90.5 Å². The molecule has 1 fully saturated rings. The second-order valence-electron chi connectivity index (χ2n) is 9.08. The lowest BCUT2D eigenvalue weighted by Crippen LogP contribution is -2.61. The third-order valence-electron chi connectivity index (χ3n) is 6.26. The molecule has 2 aliphatic heterocycles.